The van der Waals surface area contributed by atoms with Crippen LogP contribution in [0.2, 0.25) is 0 Å². The minimum atomic E-state index is -0.304. The second-order valence-corrected chi connectivity index (χ2v) is 9.05. The molecule has 8 heteroatoms. The summed E-state index contributed by atoms with van der Waals surface area (Å²) in [6.45, 7) is 3.48. The molecule has 1 heterocycles. The van der Waals surface area contributed by atoms with E-state index in [4.69, 9.17) is 14.2 Å². The Kier molecular flexibility index (Phi) is 9.69. The Labute approximate surface area is 210 Å². The summed E-state index contributed by atoms with van der Waals surface area (Å²) in [7, 11) is 4.62. The summed E-state index contributed by atoms with van der Waals surface area (Å²) in [5.74, 6) is 0.526. The molecular formula is C27H32N2O5S. The normalized spacial score (nSPS) is 10.6. The van der Waals surface area contributed by atoms with Crippen molar-refractivity contribution in [1.82, 2.24) is 9.80 Å². The SMILES string of the molecule is COCCN(CC(=O)N(Cc1ccccc1)Cc1sccc1C)C(=O)c1ccc(OC)cc1OC. The molecule has 3 aromatic rings. The Balaban J connectivity index is 1.85. The van der Waals surface area contributed by atoms with Gasteiger partial charge in [0, 0.05) is 31.1 Å². The highest BCUT2D eigenvalue weighted by Gasteiger charge is 2.25. The van der Waals surface area contributed by atoms with Gasteiger partial charge >= 0.3 is 0 Å². The maximum absolute atomic E-state index is 13.6. The molecule has 35 heavy (non-hydrogen) atoms. The first-order valence-corrected chi connectivity index (χ1v) is 12.2. The average Bonchev–Trinajstić information content (AvgIpc) is 3.29. The van der Waals surface area contributed by atoms with Crippen molar-refractivity contribution in [3.8, 4) is 11.5 Å². The van der Waals surface area contributed by atoms with E-state index in [9.17, 15) is 9.59 Å². The van der Waals surface area contributed by atoms with E-state index >= 15 is 0 Å². The van der Waals surface area contributed by atoms with Gasteiger partial charge in [0.05, 0.1) is 32.9 Å². The second kappa shape index (κ2) is 12.9. The number of ether oxygens (including phenoxy) is 3. The number of hydrogen-bond donors (Lipinski definition) is 0. The zero-order chi connectivity index (χ0) is 25.2. The minimum Gasteiger partial charge on any atom is -0.497 e. The Morgan fingerprint density at radius 3 is 2.31 bits per heavy atom. The Hall–Kier alpha value is -3.36. The van der Waals surface area contributed by atoms with Crippen molar-refractivity contribution in [2.45, 2.75) is 20.0 Å². The summed E-state index contributed by atoms with van der Waals surface area (Å²) in [5, 5.41) is 2.03. The molecule has 2 amide bonds. The van der Waals surface area contributed by atoms with Gasteiger partial charge < -0.3 is 24.0 Å². The molecule has 7 nitrogen and oxygen atoms in total. The van der Waals surface area contributed by atoms with Gasteiger partial charge in [-0.1, -0.05) is 30.3 Å². The Bertz CT molecular complexity index is 1120. The highest BCUT2D eigenvalue weighted by atomic mass is 32.1. The molecule has 0 N–H and O–H groups in total. The molecule has 0 radical (unpaired) electrons. The third kappa shape index (κ3) is 7.07. The summed E-state index contributed by atoms with van der Waals surface area (Å²) < 4.78 is 15.9. The number of methoxy groups -OCH3 is 3. The quantitative estimate of drug-likeness (QED) is 0.372. The van der Waals surface area contributed by atoms with Crippen LogP contribution < -0.4 is 9.47 Å². The molecule has 0 unspecified atom stereocenters. The molecule has 0 aliphatic carbocycles. The van der Waals surface area contributed by atoms with Gasteiger partial charge in [0.2, 0.25) is 5.91 Å². The molecule has 0 aliphatic heterocycles. The average molecular weight is 497 g/mol. The monoisotopic (exact) mass is 496 g/mol. The van der Waals surface area contributed by atoms with Gasteiger partial charge in [-0.15, -0.1) is 11.3 Å². The first-order valence-electron chi connectivity index (χ1n) is 11.3. The summed E-state index contributed by atoms with van der Waals surface area (Å²) in [5.41, 5.74) is 2.54. The number of hydrogen-bond acceptors (Lipinski definition) is 6. The maximum Gasteiger partial charge on any atom is 0.258 e. The molecule has 0 atom stereocenters. The van der Waals surface area contributed by atoms with Crippen LogP contribution in [0.3, 0.4) is 0 Å². The molecule has 2 aromatic carbocycles. The smallest absolute Gasteiger partial charge is 0.258 e. The van der Waals surface area contributed by atoms with Crippen molar-refractivity contribution in [3.05, 3.63) is 81.5 Å². The lowest BCUT2D eigenvalue weighted by Gasteiger charge is -2.28. The Morgan fingerprint density at radius 2 is 1.69 bits per heavy atom. The van der Waals surface area contributed by atoms with Crippen molar-refractivity contribution in [2.75, 3.05) is 41.0 Å². The summed E-state index contributed by atoms with van der Waals surface area (Å²) >= 11 is 1.63. The molecule has 0 bridgehead atoms. The van der Waals surface area contributed by atoms with Gasteiger partial charge in [0.1, 0.15) is 18.0 Å². The molecule has 0 saturated heterocycles. The van der Waals surface area contributed by atoms with Crippen LogP contribution in [0.25, 0.3) is 0 Å². The van der Waals surface area contributed by atoms with Gasteiger partial charge in [0.15, 0.2) is 0 Å². The van der Waals surface area contributed by atoms with Crippen LogP contribution >= 0.6 is 11.3 Å². The lowest BCUT2D eigenvalue weighted by Crippen LogP contribution is -2.43. The zero-order valence-electron chi connectivity index (χ0n) is 20.7. The van der Waals surface area contributed by atoms with Crippen molar-refractivity contribution in [2.24, 2.45) is 0 Å². The third-order valence-corrected chi connectivity index (χ3v) is 6.70. The predicted octanol–water partition coefficient (Wildman–Crippen LogP) is 4.39. The summed E-state index contributed by atoms with van der Waals surface area (Å²) in [4.78, 5) is 31.5. The van der Waals surface area contributed by atoms with Gasteiger partial charge in [-0.05, 0) is 41.6 Å². The lowest BCUT2D eigenvalue weighted by atomic mass is 10.1. The molecule has 0 saturated carbocycles. The topological polar surface area (TPSA) is 68.3 Å². The minimum absolute atomic E-state index is 0.0748. The predicted molar refractivity (Wildman–Crippen MR) is 137 cm³/mol. The van der Waals surface area contributed by atoms with E-state index in [0.717, 1.165) is 16.0 Å². The van der Waals surface area contributed by atoms with Gasteiger partial charge in [-0.2, -0.15) is 0 Å². The fraction of sp³-hybridized carbons (Fsp3) is 0.333. The highest BCUT2D eigenvalue weighted by Crippen LogP contribution is 2.26. The molecule has 1 aromatic heterocycles. The van der Waals surface area contributed by atoms with E-state index in [-0.39, 0.29) is 24.9 Å². The van der Waals surface area contributed by atoms with Crippen molar-refractivity contribution < 1.29 is 23.8 Å². The Morgan fingerprint density at radius 1 is 0.914 bits per heavy atom. The first-order chi connectivity index (χ1) is 17.0. The van der Waals surface area contributed by atoms with Crippen LogP contribution in [-0.2, 0) is 22.6 Å². The molecule has 0 spiro atoms. The van der Waals surface area contributed by atoms with Crippen LogP contribution in [-0.4, -0.2) is 62.6 Å². The fourth-order valence-corrected chi connectivity index (χ4v) is 4.56. The molecular weight excluding hydrogens is 464 g/mol. The van der Waals surface area contributed by atoms with E-state index in [1.165, 1.54) is 12.0 Å². The number of nitrogens with zero attached hydrogens (tertiary/aromatic N) is 2. The summed E-state index contributed by atoms with van der Waals surface area (Å²) in [6.07, 6.45) is 0. The van der Waals surface area contributed by atoms with Crippen LogP contribution in [0, 0.1) is 6.92 Å². The number of aryl methyl sites for hydroxylation is 1. The molecule has 3 rings (SSSR count). The molecule has 186 valence electrons. The van der Waals surface area contributed by atoms with E-state index < -0.39 is 0 Å². The fourth-order valence-electron chi connectivity index (χ4n) is 3.64. The number of thiophene rings is 1. The van der Waals surface area contributed by atoms with Crippen molar-refractivity contribution >= 4 is 23.2 Å². The van der Waals surface area contributed by atoms with Crippen molar-refractivity contribution in [3.63, 3.8) is 0 Å². The lowest BCUT2D eigenvalue weighted by molar-refractivity contribution is -0.133. The van der Waals surface area contributed by atoms with E-state index in [1.807, 2.05) is 42.6 Å². The van der Waals surface area contributed by atoms with Crippen LogP contribution in [0.1, 0.15) is 26.4 Å². The second-order valence-electron chi connectivity index (χ2n) is 8.05. The highest BCUT2D eigenvalue weighted by molar-refractivity contribution is 7.10. The van der Waals surface area contributed by atoms with E-state index in [1.54, 1.807) is 48.7 Å². The van der Waals surface area contributed by atoms with Gasteiger partial charge in [0.25, 0.3) is 5.91 Å². The van der Waals surface area contributed by atoms with Gasteiger partial charge in [-0.3, -0.25) is 9.59 Å². The zero-order valence-corrected chi connectivity index (χ0v) is 21.5. The van der Waals surface area contributed by atoms with Crippen LogP contribution in [0.5, 0.6) is 11.5 Å². The molecule has 0 fully saturated rings. The number of amides is 2. The standard InChI is InChI=1S/C27H32N2O5S/c1-20-12-15-35-25(20)18-29(17-21-8-6-5-7-9-21)26(30)19-28(13-14-32-2)27(31)23-11-10-22(33-3)16-24(23)34-4/h5-12,15-16H,13-14,17-19H2,1-4H3. The van der Waals surface area contributed by atoms with Gasteiger partial charge in [-0.25, -0.2) is 0 Å². The number of carbonyl (C=O) groups excluding carboxylic acids is 2. The van der Waals surface area contributed by atoms with Crippen LogP contribution in [0.4, 0.5) is 0 Å². The number of benzene rings is 2. The van der Waals surface area contributed by atoms with Crippen molar-refractivity contribution in [1.29, 1.82) is 0 Å². The maximum atomic E-state index is 13.6. The summed E-state index contributed by atoms with van der Waals surface area (Å²) in [6, 6.07) is 16.9. The number of rotatable bonds is 12. The van der Waals surface area contributed by atoms with E-state index in [2.05, 4.69) is 6.07 Å². The number of carbonyl (C=O) groups is 2. The third-order valence-electron chi connectivity index (χ3n) is 5.69. The van der Waals surface area contributed by atoms with E-state index in [0.29, 0.717) is 36.8 Å². The largest absolute Gasteiger partial charge is 0.497 e. The first kappa shape index (κ1) is 26.2. The van der Waals surface area contributed by atoms with Crippen LogP contribution in [0.15, 0.2) is 60.0 Å². The molecule has 0 aliphatic rings.